The Hall–Kier alpha value is -1.39. The lowest BCUT2D eigenvalue weighted by Gasteiger charge is -2.18. The van der Waals surface area contributed by atoms with Gasteiger partial charge in [-0.05, 0) is 31.2 Å². The molecule has 20 heavy (non-hydrogen) atoms. The largest absolute Gasteiger partial charge is 0.494 e. The van der Waals surface area contributed by atoms with Crippen LogP contribution in [0.3, 0.4) is 0 Å². The molecule has 0 radical (unpaired) electrons. The van der Waals surface area contributed by atoms with Crippen molar-refractivity contribution in [2.24, 2.45) is 0 Å². The van der Waals surface area contributed by atoms with Gasteiger partial charge in [0.25, 0.3) is 0 Å². The van der Waals surface area contributed by atoms with E-state index in [9.17, 15) is 4.39 Å². The minimum absolute atomic E-state index is 0.125. The zero-order valence-electron chi connectivity index (χ0n) is 12.1. The van der Waals surface area contributed by atoms with Crippen LogP contribution in [-0.4, -0.2) is 13.7 Å². The number of hydrogen-bond acceptors (Lipinski definition) is 3. The van der Waals surface area contributed by atoms with Crippen LogP contribution in [0.5, 0.6) is 5.75 Å². The highest BCUT2D eigenvalue weighted by molar-refractivity contribution is 7.12. The third-order valence-electron chi connectivity index (χ3n) is 3.25. The number of thiophene rings is 1. The van der Waals surface area contributed by atoms with Gasteiger partial charge in [-0.1, -0.05) is 26.0 Å². The molecule has 2 aromatic rings. The Kier molecular flexibility index (Phi) is 5.15. The van der Waals surface area contributed by atoms with E-state index < -0.39 is 0 Å². The van der Waals surface area contributed by atoms with Gasteiger partial charge in [-0.25, -0.2) is 4.39 Å². The molecule has 0 aliphatic rings. The number of aryl methyl sites for hydroxylation is 1. The first kappa shape index (κ1) is 15.0. The Morgan fingerprint density at radius 1 is 1.25 bits per heavy atom. The molecule has 1 aromatic heterocycles. The second kappa shape index (κ2) is 6.86. The smallest absolute Gasteiger partial charge is 0.170 e. The van der Waals surface area contributed by atoms with E-state index in [0.29, 0.717) is 5.56 Å². The van der Waals surface area contributed by atoms with Crippen molar-refractivity contribution in [3.8, 4) is 5.75 Å². The van der Waals surface area contributed by atoms with E-state index in [2.05, 4.69) is 24.4 Å². The summed E-state index contributed by atoms with van der Waals surface area (Å²) in [5, 5.41) is 3.36. The first-order valence-corrected chi connectivity index (χ1v) is 7.67. The van der Waals surface area contributed by atoms with Crippen LogP contribution >= 0.6 is 11.3 Å². The lowest BCUT2D eigenvalue weighted by molar-refractivity contribution is 0.382. The molecule has 0 saturated heterocycles. The summed E-state index contributed by atoms with van der Waals surface area (Å²) in [5.41, 5.74) is 0.635. The van der Waals surface area contributed by atoms with Crippen LogP contribution in [0.25, 0.3) is 0 Å². The van der Waals surface area contributed by atoms with E-state index in [1.807, 2.05) is 19.1 Å². The predicted octanol–water partition coefficient (Wildman–Crippen LogP) is 4.16. The molecular formula is C16H20FNOS. The molecule has 0 saturated carbocycles. The monoisotopic (exact) mass is 293 g/mol. The molecule has 0 bridgehead atoms. The van der Waals surface area contributed by atoms with E-state index in [0.717, 1.165) is 17.8 Å². The van der Waals surface area contributed by atoms with Crippen molar-refractivity contribution in [3.05, 3.63) is 51.5 Å². The average Bonchev–Trinajstić information content (AvgIpc) is 2.94. The second-order valence-corrected chi connectivity index (χ2v) is 5.71. The third-order valence-corrected chi connectivity index (χ3v) is 4.54. The fourth-order valence-electron chi connectivity index (χ4n) is 2.22. The van der Waals surface area contributed by atoms with Gasteiger partial charge < -0.3 is 10.1 Å². The van der Waals surface area contributed by atoms with Gasteiger partial charge in [-0.15, -0.1) is 11.3 Å². The summed E-state index contributed by atoms with van der Waals surface area (Å²) in [4.78, 5) is 2.45. The molecule has 2 rings (SSSR count). The Bertz CT molecular complexity index is 567. The summed E-state index contributed by atoms with van der Waals surface area (Å²) in [7, 11) is 1.49. The standard InChI is InChI=1S/C16H20FNOS/c1-4-11-9-10-14(20-11)16(18-5-2)12-7-6-8-13(19-3)15(12)17/h6-10,16,18H,4-5H2,1-3H3. The van der Waals surface area contributed by atoms with E-state index in [4.69, 9.17) is 4.74 Å². The molecule has 4 heteroatoms. The van der Waals surface area contributed by atoms with Gasteiger partial charge in [-0.3, -0.25) is 0 Å². The molecule has 0 spiro atoms. The van der Waals surface area contributed by atoms with Gasteiger partial charge >= 0.3 is 0 Å². The maximum atomic E-state index is 14.5. The number of nitrogens with one attached hydrogen (secondary N) is 1. The Morgan fingerprint density at radius 2 is 2.05 bits per heavy atom. The van der Waals surface area contributed by atoms with Crippen molar-refractivity contribution in [2.75, 3.05) is 13.7 Å². The number of hydrogen-bond donors (Lipinski definition) is 1. The van der Waals surface area contributed by atoms with Crippen LogP contribution in [0.1, 0.15) is 35.2 Å². The molecule has 1 atom stereocenters. The minimum Gasteiger partial charge on any atom is -0.494 e. The van der Waals surface area contributed by atoms with Crippen molar-refractivity contribution in [2.45, 2.75) is 26.3 Å². The highest BCUT2D eigenvalue weighted by Gasteiger charge is 2.20. The average molecular weight is 293 g/mol. The van der Waals surface area contributed by atoms with Gasteiger partial charge in [0.05, 0.1) is 13.2 Å². The topological polar surface area (TPSA) is 21.3 Å². The first-order valence-electron chi connectivity index (χ1n) is 6.85. The molecule has 0 aliphatic heterocycles. The van der Waals surface area contributed by atoms with Crippen LogP contribution in [0.4, 0.5) is 4.39 Å². The van der Waals surface area contributed by atoms with E-state index in [1.54, 1.807) is 17.4 Å². The summed E-state index contributed by atoms with van der Waals surface area (Å²) >= 11 is 1.73. The third kappa shape index (κ3) is 3.02. The molecule has 1 aromatic carbocycles. The summed E-state index contributed by atoms with van der Waals surface area (Å²) in [5.74, 6) is 0.00470. The minimum atomic E-state index is -0.285. The van der Waals surface area contributed by atoms with Crippen molar-refractivity contribution in [1.29, 1.82) is 0 Å². The van der Waals surface area contributed by atoms with Gasteiger partial charge in [0.1, 0.15) is 0 Å². The zero-order valence-corrected chi connectivity index (χ0v) is 12.9. The highest BCUT2D eigenvalue weighted by atomic mass is 32.1. The summed E-state index contributed by atoms with van der Waals surface area (Å²) in [6.07, 6.45) is 1.00. The van der Waals surface area contributed by atoms with Crippen molar-refractivity contribution < 1.29 is 9.13 Å². The molecule has 1 unspecified atom stereocenters. The van der Waals surface area contributed by atoms with Crippen molar-refractivity contribution in [3.63, 3.8) is 0 Å². The second-order valence-electron chi connectivity index (χ2n) is 4.51. The van der Waals surface area contributed by atoms with Crippen LogP contribution < -0.4 is 10.1 Å². The first-order chi connectivity index (χ1) is 9.71. The molecule has 0 fully saturated rings. The van der Waals surface area contributed by atoms with E-state index in [1.165, 1.54) is 12.0 Å². The van der Waals surface area contributed by atoms with Crippen LogP contribution in [-0.2, 0) is 6.42 Å². The van der Waals surface area contributed by atoms with Crippen LogP contribution in [0, 0.1) is 5.82 Å². The summed E-state index contributed by atoms with van der Waals surface area (Å²) < 4.78 is 19.5. The van der Waals surface area contributed by atoms with Gasteiger partial charge in [0.15, 0.2) is 11.6 Å². The van der Waals surface area contributed by atoms with E-state index in [-0.39, 0.29) is 17.6 Å². The molecule has 108 valence electrons. The number of methoxy groups -OCH3 is 1. The molecule has 1 N–H and O–H groups in total. The molecular weight excluding hydrogens is 273 g/mol. The fraction of sp³-hybridized carbons (Fsp3) is 0.375. The van der Waals surface area contributed by atoms with Gasteiger partial charge in [0, 0.05) is 15.3 Å². The summed E-state index contributed by atoms with van der Waals surface area (Å²) in [6, 6.07) is 9.36. The highest BCUT2D eigenvalue weighted by Crippen LogP contribution is 2.33. The number of benzene rings is 1. The number of halogens is 1. The van der Waals surface area contributed by atoms with Crippen LogP contribution in [0.2, 0.25) is 0 Å². The Balaban J connectivity index is 2.42. The lowest BCUT2D eigenvalue weighted by atomic mass is 10.0. The summed E-state index contributed by atoms with van der Waals surface area (Å²) in [6.45, 7) is 4.93. The normalized spacial score (nSPS) is 12.4. The van der Waals surface area contributed by atoms with Crippen molar-refractivity contribution >= 4 is 11.3 Å². The van der Waals surface area contributed by atoms with Gasteiger partial charge in [-0.2, -0.15) is 0 Å². The number of rotatable bonds is 6. The molecule has 2 nitrogen and oxygen atoms in total. The Labute approximate surface area is 123 Å². The SMILES string of the molecule is CCNC(c1ccc(CC)s1)c1cccc(OC)c1F. The Morgan fingerprint density at radius 3 is 2.65 bits per heavy atom. The molecule has 1 heterocycles. The zero-order chi connectivity index (χ0) is 14.5. The fourth-order valence-corrected chi connectivity index (χ4v) is 3.26. The van der Waals surface area contributed by atoms with E-state index >= 15 is 0 Å². The number of ether oxygens (including phenoxy) is 1. The molecule has 0 amide bonds. The van der Waals surface area contributed by atoms with Crippen molar-refractivity contribution in [1.82, 2.24) is 5.32 Å². The quantitative estimate of drug-likeness (QED) is 0.863. The van der Waals surface area contributed by atoms with Gasteiger partial charge in [0.2, 0.25) is 0 Å². The van der Waals surface area contributed by atoms with Crippen LogP contribution in [0.15, 0.2) is 30.3 Å². The maximum Gasteiger partial charge on any atom is 0.170 e. The predicted molar refractivity (Wildman–Crippen MR) is 82.2 cm³/mol. The molecule has 0 aliphatic carbocycles. The lowest BCUT2D eigenvalue weighted by Crippen LogP contribution is -2.22. The maximum absolute atomic E-state index is 14.5.